The zero-order valence-corrected chi connectivity index (χ0v) is 16.5. The van der Waals surface area contributed by atoms with Gasteiger partial charge in [-0.3, -0.25) is 19.7 Å². The minimum atomic E-state index is -0.611. The smallest absolute Gasteiger partial charge is 0.255 e. The summed E-state index contributed by atoms with van der Waals surface area (Å²) in [5, 5.41) is 5.70. The van der Waals surface area contributed by atoms with Gasteiger partial charge in [0.1, 0.15) is 18.4 Å². The molecule has 1 saturated heterocycles. The van der Waals surface area contributed by atoms with Gasteiger partial charge in [0.05, 0.1) is 0 Å². The van der Waals surface area contributed by atoms with Gasteiger partial charge in [-0.05, 0) is 35.7 Å². The van der Waals surface area contributed by atoms with Crippen LogP contribution in [0, 0.1) is 0 Å². The average Bonchev–Trinajstić information content (AvgIpc) is 3.08. The number of carbonyl (C=O) groups excluding carboxylic acids is 3. The Balaban J connectivity index is 1.48. The van der Waals surface area contributed by atoms with E-state index in [4.69, 9.17) is 10.5 Å². The monoisotopic (exact) mass is 408 g/mol. The number of nitrogens with one attached hydrogen (secondary N) is 2. The van der Waals surface area contributed by atoms with Crippen molar-refractivity contribution in [2.24, 2.45) is 5.73 Å². The van der Waals surface area contributed by atoms with Crippen LogP contribution in [0.4, 0.5) is 5.69 Å². The van der Waals surface area contributed by atoms with E-state index in [0.717, 1.165) is 22.6 Å². The van der Waals surface area contributed by atoms with Crippen LogP contribution in [0.3, 0.4) is 0 Å². The summed E-state index contributed by atoms with van der Waals surface area (Å²) in [5.41, 5.74) is 8.89. The van der Waals surface area contributed by atoms with Crippen molar-refractivity contribution in [2.45, 2.75) is 32.0 Å². The van der Waals surface area contributed by atoms with E-state index in [1.54, 1.807) is 11.0 Å². The molecule has 2 aliphatic heterocycles. The average molecular weight is 408 g/mol. The molecule has 8 nitrogen and oxygen atoms in total. The van der Waals surface area contributed by atoms with E-state index in [9.17, 15) is 14.4 Å². The fourth-order valence-electron chi connectivity index (χ4n) is 3.89. The van der Waals surface area contributed by atoms with E-state index in [2.05, 4.69) is 10.6 Å². The highest BCUT2D eigenvalue weighted by atomic mass is 16.5. The maximum atomic E-state index is 12.9. The van der Waals surface area contributed by atoms with Gasteiger partial charge in [-0.15, -0.1) is 0 Å². The van der Waals surface area contributed by atoms with Crippen molar-refractivity contribution in [1.82, 2.24) is 10.2 Å². The van der Waals surface area contributed by atoms with Gasteiger partial charge in [0, 0.05) is 43.4 Å². The molecule has 2 heterocycles. The molecule has 2 aromatic carbocycles. The molecule has 156 valence electrons. The predicted octanol–water partition coefficient (Wildman–Crippen LogP) is 1.40. The molecule has 1 unspecified atom stereocenters. The number of imide groups is 1. The quantitative estimate of drug-likeness (QED) is 0.597. The van der Waals surface area contributed by atoms with Crippen molar-refractivity contribution >= 4 is 23.4 Å². The van der Waals surface area contributed by atoms with Gasteiger partial charge < -0.3 is 20.7 Å². The number of ether oxygens (including phenoxy) is 1. The molecule has 4 N–H and O–H groups in total. The Hall–Kier alpha value is -3.39. The summed E-state index contributed by atoms with van der Waals surface area (Å²) in [5.74, 6) is -0.120. The van der Waals surface area contributed by atoms with Crippen LogP contribution in [0.2, 0.25) is 0 Å². The summed E-state index contributed by atoms with van der Waals surface area (Å²) < 4.78 is 5.56. The van der Waals surface area contributed by atoms with Crippen molar-refractivity contribution in [1.29, 1.82) is 0 Å². The Bertz CT molecular complexity index is 991. The Morgan fingerprint density at radius 3 is 2.80 bits per heavy atom. The van der Waals surface area contributed by atoms with Gasteiger partial charge >= 0.3 is 0 Å². The van der Waals surface area contributed by atoms with Gasteiger partial charge in [0.15, 0.2) is 0 Å². The number of anilines is 1. The molecule has 1 atom stereocenters. The molecule has 4 rings (SSSR count). The lowest BCUT2D eigenvalue weighted by Gasteiger charge is -2.29. The van der Waals surface area contributed by atoms with E-state index in [1.165, 1.54) is 0 Å². The number of carbonyl (C=O) groups is 3. The summed E-state index contributed by atoms with van der Waals surface area (Å²) in [6.07, 6.45) is 0.598. The molecule has 2 aromatic rings. The number of nitrogens with two attached hydrogens (primary N) is 1. The van der Waals surface area contributed by atoms with E-state index in [-0.39, 0.29) is 18.2 Å². The molecule has 2 aliphatic rings. The van der Waals surface area contributed by atoms with Crippen molar-refractivity contribution in [2.75, 3.05) is 18.5 Å². The fourth-order valence-corrected chi connectivity index (χ4v) is 3.89. The Kier molecular flexibility index (Phi) is 5.67. The van der Waals surface area contributed by atoms with Crippen LogP contribution >= 0.6 is 0 Å². The number of hydrogen-bond acceptors (Lipinski definition) is 6. The SMILES string of the molecule is NCCOc1cccc(NCc2cccc3c2CN(C2CCC(=O)NC2=O)C3=O)c1. The van der Waals surface area contributed by atoms with E-state index in [1.807, 2.05) is 36.4 Å². The third-order valence-electron chi connectivity index (χ3n) is 5.38. The molecule has 0 bridgehead atoms. The molecule has 0 spiro atoms. The standard InChI is InChI=1S/C22H24N4O4/c23-9-10-30-16-5-2-4-15(11-16)24-12-14-3-1-6-17-18(14)13-26(22(17)29)19-7-8-20(27)25-21(19)28/h1-6,11,19,24H,7-10,12-13,23H2,(H,25,27,28). The second kappa shape index (κ2) is 8.54. The third kappa shape index (κ3) is 3.99. The molecule has 0 radical (unpaired) electrons. The zero-order chi connectivity index (χ0) is 21.1. The van der Waals surface area contributed by atoms with Crippen LogP contribution in [-0.4, -0.2) is 41.8 Å². The second-order valence-electron chi connectivity index (χ2n) is 7.36. The lowest BCUT2D eigenvalue weighted by molar-refractivity contribution is -0.136. The molecular formula is C22H24N4O4. The van der Waals surface area contributed by atoms with Gasteiger partial charge in [-0.1, -0.05) is 18.2 Å². The van der Waals surface area contributed by atoms with Crippen LogP contribution in [0.15, 0.2) is 42.5 Å². The number of hydrogen-bond donors (Lipinski definition) is 3. The van der Waals surface area contributed by atoms with Crippen molar-refractivity contribution in [3.8, 4) is 5.75 Å². The molecule has 0 aromatic heterocycles. The number of benzene rings is 2. The molecule has 1 fully saturated rings. The first-order chi connectivity index (χ1) is 14.6. The summed E-state index contributed by atoms with van der Waals surface area (Å²) in [6, 6.07) is 12.6. The first-order valence-electron chi connectivity index (χ1n) is 9.99. The summed E-state index contributed by atoms with van der Waals surface area (Å²) in [4.78, 5) is 38.1. The molecule has 0 aliphatic carbocycles. The highest BCUT2D eigenvalue weighted by Gasteiger charge is 2.39. The summed E-state index contributed by atoms with van der Waals surface area (Å²) in [7, 11) is 0. The number of nitrogens with zero attached hydrogens (tertiary/aromatic N) is 1. The molecule has 30 heavy (non-hydrogen) atoms. The molecule has 8 heteroatoms. The minimum Gasteiger partial charge on any atom is -0.492 e. The van der Waals surface area contributed by atoms with Gasteiger partial charge in [0.2, 0.25) is 11.8 Å². The fraction of sp³-hybridized carbons (Fsp3) is 0.318. The van der Waals surface area contributed by atoms with Crippen molar-refractivity contribution in [3.05, 3.63) is 59.2 Å². The normalized spacial score (nSPS) is 18.2. The topological polar surface area (TPSA) is 114 Å². The van der Waals surface area contributed by atoms with Crippen LogP contribution in [0.25, 0.3) is 0 Å². The largest absolute Gasteiger partial charge is 0.492 e. The maximum Gasteiger partial charge on any atom is 0.255 e. The van der Waals surface area contributed by atoms with Crippen molar-refractivity contribution < 1.29 is 19.1 Å². The number of piperidine rings is 1. The summed E-state index contributed by atoms with van der Waals surface area (Å²) >= 11 is 0. The highest BCUT2D eigenvalue weighted by Crippen LogP contribution is 2.30. The lowest BCUT2D eigenvalue weighted by atomic mass is 10.0. The first-order valence-corrected chi connectivity index (χ1v) is 9.99. The van der Waals surface area contributed by atoms with Crippen molar-refractivity contribution in [3.63, 3.8) is 0 Å². The minimum absolute atomic E-state index is 0.168. The van der Waals surface area contributed by atoms with Crippen LogP contribution in [0.1, 0.15) is 34.3 Å². The van der Waals surface area contributed by atoms with Gasteiger partial charge in [-0.2, -0.15) is 0 Å². The Morgan fingerprint density at radius 2 is 2.00 bits per heavy atom. The summed E-state index contributed by atoms with van der Waals surface area (Å²) in [6.45, 7) is 1.79. The highest BCUT2D eigenvalue weighted by molar-refractivity contribution is 6.05. The zero-order valence-electron chi connectivity index (χ0n) is 16.5. The Labute approximate surface area is 174 Å². The molecular weight excluding hydrogens is 384 g/mol. The van der Waals surface area contributed by atoms with E-state index < -0.39 is 11.9 Å². The first kappa shape index (κ1) is 19.9. The van der Waals surface area contributed by atoms with Gasteiger partial charge in [-0.25, -0.2) is 0 Å². The van der Waals surface area contributed by atoms with Crippen LogP contribution in [0.5, 0.6) is 5.75 Å². The Morgan fingerprint density at radius 1 is 1.17 bits per heavy atom. The number of amides is 3. The van der Waals surface area contributed by atoms with E-state index in [0.29, 0.717) is 38.2 Å². The predicted molar refractivity (Wildman–Crippen MR) is 111 cm³/mol. The lowest BCUT2D eigenvalue weighted by Crippen LogP contribution is -2.52. The number of fused-ring (bicyclic) bond motifs is 1. The van der Waals surface area contributed by atoms with Gasteiger partial charge in [0.25, 0.3) is 5.91 Å². The van der Waals surface area contributed by atoms with Crippen LogP contribution in [-0.2, 0) is 22.7 Å². The maximum absolute atomic E-state index is 12.9. The number of rotatable bonds is 7. The van der Waals surface area contributed by atoms with E-state index >= 15 is 0 Å². The second-order valence-corrected chi connectivity index (χ2v) is 7.36. The molecule has 3 amide bonds. The third-order valence-corrected chi connectivity index (χ3v) is 5.38. The molecule has 0 saturated carbocycles. The van der Waals surface area contributed by atoms with Crippen LogP contribution < -0.4 is 21.1 Å².